The Morgan fingerprint density at radius 3 is 2.67 bits per heavy atom. The van der Waals surface area contributed by atoms with E-state index in [1.807, 2.05) is 13.8 Å². The lowest BCUT2D eigenvalue weighted by molar-refractivity contribution is -0.137. The highest BCUT2D eigenvalue weighted by molar-refractivity contribution is 5.99. The number of piperidine rings is 1. The lowest BCUT2D eigenvalue weighted by Gasteiger charge is -2.32. The first-order valence-corrected chi connectivity index (χ1v) is 14.1. The first-order valence-electron chi connectivity index (χ1n) is 14.1. The molecule has 40 heavy (non-hydrogen) atoms. The second-order valence-corrected chi connectivity index (χ2v) is 11.1. The Balaban J connectivity index is 1.55. The average Bonchev–Trinajstić information content (AvgIpc) is 3.37. The van der Waals surface area contributed by atoms with Gasteiger partial charge < -0.3 is 25.2 Å². The summed E-state index contributed by atoms with van der Waals surface area (Å²) >= 11 is 0. The van der Waals surface area contributed by atoms with Crippen LogP contribution in [-0.4, -0.2) is 94.9 Å². The maximum absolute atomic E-state index is 14.1. The molecule has 2 bridgehead atoms. The van der Waals surface area contributed by atoms with Crippen LogP contribution in [0.25, 0.3) is 0 Å². The molecule has 2 aliphatic rings. The van der Waals surface area contributed by atoms with Gasteiger partial charge in [0.15, 0.2) is 0 Å². The van der Waals surface area contributed by atoms with E-state index in [0.717, 1.165) is 37.7 Å². The summed E-state index contributed by atoms with van der Waals surface area (Å²) in [5.74, 6) is -1.17. The van der Waals surface area contributed by atoms with E-state index >= 15 is 0 Å². The van der Waals surface area contributed by atoms with Crippen molar-refractivity contribution in [1.82, 2.24) is 35.4 Å². The number of rotatable bonds is 3. The fourth-order valence-corrected chi connectivity index (χ4v) is 5.09. The molecule has 0 unspecified atom stereocenters. The topological polar surface area (TPSA) is 122 Å². The molecule has 0 spiro atoms. The number of carbonyl (C=O) groups is 3. The molecular weight excluding hydrogens is 517 g/mol. The van der Waals surface area contributed by atoms with Gasteiger partial charge in [-0.2, -0.15) is 0 Å². The van der Waals surface area contributed by atoms with E-state index in [1.165, 1.54) is 12.1 Å². The van der Waals surface area contributed by atoms with Crippen LogP contribution in [0.15, 0.2) is 24.4 Å². The van der Waals surface area contributed by atoms with Crippen LogP contribution in [0.5, 0.6) is 5.75 Å². The van der Waals surface area contributed by atoms with Gasteiger partial charge in [-0.05, 0) is 63.5 Å². The van der Waals surface area contributed by atoms with Gasteiger partial charge >= 0.3 is 0 Å². The number of aromatic nitrogens is 3. The molecule has 0 radical (unpaired) electrons. The van der Waals surface area contributed by atoms with Gasteiger partial charge in [0, 0.05) is 38.2 Å². The van der Waals surface area contributed by atoms with Crippen LogP contribution in [0.3, 0.4) is 0 Å². The van der Waals surface area contributed by atoms with Crippen molar-refractivity contribution < 1.29 is 23.5 Å². The van der Waals surface area contributed by atoms with Crippen molar-refractivity contribution >= 4 is 17.7 Å². The molecule has 1 saturated heterocycles. The smallest absolute Gasteiger partial charge is 0.255 e. The monoisotopic (exact) mass is 557 g/mol. The van der Waals surface area contributed by atoms with Crippen LogP contribution in [0.1, 0.15) is 49.2 Å². The van der Waals surface area contributed by atoms with Gasteiger partial charge in [0.2, 0.25) is 11.8 Å². The van der Waals surface area contributed by atoms with Gasteiger partial charge in [-0.3, -0.25) is 14.4 Å². The Bertz CT molecular complexity index is 1180. The Morgan fingerprint density at radius 1 is 1.15 bits per heavy atom. The third-order valence-electron chi connectivity index (χ3n) is 7.38. The third-order valence-corrected chi connectivity index (χ3v) is 7.38. The second kappa shape index (κ2) is 13.7. The molecule has 1 atom stereocenters. The number of nitrogens with one attached hydrogen (secondary N) is 2. The highest BCUT2D eigenvalue weighted by atomic mass is 19.1. The van der Waals surface area contributed by atoms with E-state index in [0.29, 0.717) is 32.5 Å². The predicted octanol–water partition coefficient (Wildman–Crippen LogP) is 1.48. The van der Waals surface area contributed by atoms with E-state index in [4.69, 9.17) is 4.74 Å². The highest BCUT2D eigenvalue weighted by Crippen LogP contribution is 2.21. The van der Waals surface area contributed by atoms with Crippen LogP contribution >= 0.6 is 0 Å². The van der Waals surface area contributed by atoms with E-state index in [2.05, 4.69) is 32.9 Å². The zero-order valence-electron chi connectivity index (χ0n) is 23.6. The largest absolute Gasteiger partial charge is 0.491 e. The number of fused-ring (bicyclic) bond motifs is 3. The van der Waals surface area contributed by atoms with Gasteiger partial charge in [-0.1, -0.05) is 19.1 Å². The minimum Gasteiger partial charge on any atom is -0.491 e. The number of nitrogens with zero attached hydrogens (tertiary/aromatic N) is 5. The second-order valence-electron chi connectivity index (χ2n) is 11.1. The fraction of sp³-hybridized carbons (Fsp3) is 0.607. The van der Waals surface area contributed by atoms with Gasteiger partial charge in [0.25, 0.3) is 5.91 Å². The first kappa shape index (κ1) is 29.4. The van der Waals surface area contributed by atoms with Crippen LogP contribution < -0.4 is 15.4 Å². The van der Waals surface area contributed by atoms with Crippen molar-refractivity contribution in [3.63, 3.8) is 0 Å². The van der Waals surface area contributed by atoms with Crippen LogP contribution in [0.4, 0.5) is 4.39 Å². The molecule has 2 N–H and O–H groups in total. The average molecular weight is 558 g/mol. The van der Waals surface area contributed by atoms with Crippen molar-refractivity contribution in [2.24, 2.45) is 11.8 Å². The fourth-order valence-electron chi connectivity index (χ4n) is 5.09. The molecule has 1 aromatic heterocycles. The number of hydrogen-bond donors (Lipinski definition) is 2. The van der Waals surface area contributed by atoms with Gasteiger partial charge in [0.1, 0.15) is 24.2 Å². The van der Waals surface area contributed by atoms with Gasteiger partial charge in [-0.25, -0.2) is 9.07 Å². The summed E-state index contributed by atoms with van der Waals surface area (Å²) in [6.07, 6.45) is 4.34. The van der Waals surface area contributed by atoms with Crippen molar-refractivity contribution in [3.05, 3.63) is 41.5 Å². The predicted molar refractivity (Wildman–Crippen MR) is 146 cm³/mol. The zero-order chi connectivity index (χ0) is 28.6. The maximum atomic E-state index is 14.1. The summed E-state index contributed by atoms with van der Waals surface area (Å²) < 4.78 is 21.6. The molecule has 2 aromatic rings. The molecule has 0 aliphatic carbocycles. The summed E-state index contributed by atoms with van der Waals surface area (Å²) in [7, 11) is 2.06. The van der Waals surface area contributed by atoms with Crippen LogP contribution in [0, 0.1) is 17.7 Å². The molecular formula is C28H40FN7O4. The zero-order valence-corrected chi connectivity index (χ0v) is 23.6. The molecule has 1 fully saturated rings. The molecule has 0 saturated carbocycles. The minimum absolute atomic E-state index is 0.0110. The van der Waals surface area contributed by atoms with Gasteiger partial charge in [0.05, 0.1) is 17.8 Å². The summed E-state index contributed by atoms with van der Waals surface area (Å²) in [6.45, 7) is 7.24. The Hall–Kier alpha value is -3.54. The van der Waals surface area contributed by atoms with Crippen LogP contribution in [0.2, 0.25) is 0 Å². The van der Waals surface area contributed by atoms with E-state index in [1.54, 1.807) is 15.8 Å². The standard InChI is InChI=1S/C28H40FN7O4/c1-19(2)16-24-27(38)30-9-13-35(28(39)20-6-10-34(3)11-7-20)12-8-22-18-36(33-32-22)14-15-40-25-5-4-21(29)17-23(25)26(37)31-24/h4-5,17-20,24H,6-16H2,1-3H3,(H,30,38)(H,31,37)/t24-/m1/s1. The number of benzene rings is 1. The molecule has 1 aromatic carbocycles. The highest BCUT2D eigenvalue weighted by Gasteiger charge is 2.29. The van der Waals surface area contributed by atoms with E-state index in [9.17, 15) is 18.8 Å². The van der Waals surface area contributed by atoms with Crippen molar-refractivity contribution in [2.75, 3.05) is 46.4 Å². The van der Waals surface area contributed by atoms with Crippen molar-refractivity contribution in [1.29, 1.82) is 0 Å². The normalized spacial score (nSPS) is 20.6. The molecule has 4 rings (SSSR count). The number of hydrogen-bond acceptors (Lipinski definition) is 7. The Morgan fingerprint density at radius 2 is 1.93 bits per heavy atom. The molecule has 12 heteroatoms. The summed E-state index contributed by atoms with van der Waals surface area (Å²) in [5.41, 5.74) is 0.752. The number of carbonyl (C=O) groups excluding carboxylic acids is 3. The number of amides is 3. The lowest BCUT2D eigenvalue weighted by Crippen LogP contribution is -2.50. The summed E-state index contributed by atoms with van der Waals surface area (Å²) in [6, 6.07) is 2.91. The SMILES string of the molecule is CC(C)C[C@H]1NC(=O)c2cc(F)ccc2OCCn2cc(nn2)CCN(C(=O)C2CCN(C)CC2)CCNC1=O. The lowest BCUT2D eigenvalue weighted by atomic mass is 9.95. The maximum Gasteiger partial charge on any atom is 0.255 e. The molecule has 3 amide bonds. The Kier molecular flexibility index (Phi) is 10.1. The molecule has 3 heterocycles. The number of ether oxygens (including phenoxy) is 1. The number of halogens is 1. The van der Waals surface area contributed by atoms with Gasteiger partial charge in [-0.15, -0.1) is 5.10 Å². The number of likely N-dealkylation sites (tertiary alicyclic amines) is 1. The summed E-state index contributed by atoms with van der Waals surface area (Å²) in [5, 5.41) is 14.1. The quantitative estimate of drug-likeness (QED) is 0.586. The van der Waals surface area contributed by atoms with Crippen molar-refractivity contribution in [2.45, 2.75) is 52.1 Å². The molecule has 11 nitrogen and oxygen atoms in total. The minimum atomic E-state index is -0.828. The molecule has 218 valence electrons. The summed E-state index contributed by atoms with van der Waals surface area (Å²) in [4.78, 5) is 43.9. The Labute approximate surface area is 234 Å². The third kappa shape index (κ3) is 8.00. The van der Waals surface area contributed by atoms with Crippen LogP contribution in [-0.2, 0) is 22.6 Å². The van der Waals surface area contributed by atoms with Crippen molar-refractivity contribution in [3.8, 4) is 5.75 Å². The van der Waals surface area contributed by atoms with E-state index in [-0.39, 0.29) is 48.1 Å². The molecule has 2 aliphatic heterocycles. The van der Waals surface area contributed by atoms with E-state index < -0.39 is 17.8 Å². The first-order chi connectivity index (χ1) is 19.2.